The van der Waals surface area contributed by atoms with Crippen molar-refractivity contribution < 1.29 is 29.6 Å². The minimum Gasteiger partial charge on any atom is -0.481 e. The Hall–Kier alpha value is -1.22. The van der Waals surface area contributed by atoms with Crippen molar-refractivity contribution in [3.8, 4) is 0 Å². The van der Waals surface area contributed by atoms with Gasteiger partial charge in [-0.1, -0.05) is 125 Å². The molecule has 1 amide bonds. The third-order valence-electron chi connectivity index (χ3n) is 9.31. The van der Waals surface area contributed by atoms with Crippen molar-refractivity contribution >= 4 is 11.9 Å². The number of nitrogens with one attached hydrogen (secondary N) is 2. The molecule has 0 bridgehead atoms. The molecule has 5 N–H and O–H groups in total. The number of unbranched alkanes of at least 4 members (excludes halogenated alkanes) is 12. The normalized spacial score (nSPS) is 25.8. The van der Waals surface area contributed by atoms with E-state index in [2.05, 4.69) is 31.4 Å². The van der Waals surface area contributed by atoms with Gasteiger partial charge in [0.05, 0.1) is 24.3 Å². The van der Waals surface area contributed by atoms with Crippen LogP contribution in [0.1, 0.15) is 163 Å². The number of amides is 1. The van der Waals surface area contributed by atoms with E-state index >= 15 is 0 Å². The van der Waals surface area contributed by atoms with E-state index in [1.807, 2.05) is 13.8 Å². The largest absolute Gasteiger partial charge is 0.481 e. The van der Waals surface area contributed by atoms with Gasteiger partial charge in [0.1, 0.15) is 12.2 Å². The minimum atomic E-state index is -0.972. The molecule has 0 saturated carbocycles. The van der Waals surface area contributed by atoms with Gasteiger partial charge >= 0.3 is 5.97 Å². The van der Waals surface area contributed by atoms with Gasteiger partial charge in [0.15, 0.2) is 0 Å². The van der Waals surface area contributed by atoms with Crippen molar-refractivity contribution in [3.05, 3.63) is 0 Å². The van der Waals surface area contributed by atoms with Crippen LogP contribution >= 0.6 is 0 Å². The van der Waals surface area contributed by atoms with Crippen LogP contribution in [-0.4, -0.2) is 70.2 Å². The zero-order chi connectivity index (χ0) is 32.7. The van der Waals surface area contributed by atoms with Gasteiger partial charge in [-0.15, -0.1) is 0 Å². The lowest BCUT2D eigenvalue weighted by Crippen LogP contribution is -2.61. The maximum absolute atomic E-state index is 12.8. The Balaban J connectivity index is 0.000000474. The number of carboxylic acids is 1. The van der Waals surface area contributed by atoms with Crippen LogP contribution < -0.4 is 10.6 Å². The second-order valence-corrected chi connectivity index (χ2v) is 13.8. The zero-order valence-corrected chi connectivity index (χ0v) is 29.0. The molecular weight excluding hydrogens is 556 g/mol. The van der Waals surface area contributed by atoms with E-state index in [0.29, 0.717) is 18.8 Å². The van der Waals surface area contributed by atoms with Crippen LogP contribution in [0, 0.1) is 11.8 Å². The molecule has 8 nitrogen and oxygen atoms in total. The number of aliphatic carboxylic acids is 1. The predicted molar refractivity (Wildman–Crippen MR) is 180 cm³/mol. The van der Waals surface area contributed by atoms with Gasteiger partial charge in [-0.05, 0) is 44.1 Å². The Kier molecular flexibility index (Phi) is 23.1. The van der Waals surface area contributed by atoms with Gasteiger partial charge < -0.3 is 30.7 Å². The molecule has 0 radical (unpaired) electrons. The maximum Gasteiger partial charge on any atom is 0.303 e. The number of hydrogen-bond donors (Lipinski definition) is 5. The highest BCUT2D eigenvalue weighted by molar-refractivity contribution is 5.82. The molecule has 2 saturated heterocycles. The Morgan fingerprint density at radius 1 is 0.795 bits per heavy atom. The van der Waals surface area contributed by atoms with Crippen molar-refractivity contribution in [1.29, 1.82) is 0 Å². The zero-order valence-electron chi connectivity index (χ0n) is 29.0. The Labute approximate surface area is 269 Å². The van der Waals surface area contributed by atoms with E-state index in [9.17, 15) is 19.8 Å². The monoisotopic (exact) mass is 627 g/mol. The smallest absolute Gasteiger partial charge is 0.303 e. The van der Waals surface area contributed by atoms with Crippen molar-refractivity contribution in [2.45, 2.75) is 200 Å². The van der Waals surface area contributed by atoms with E-state index in [-0.39, 0.29) is 30.0 Å². The van der Waals surface area contributed by atoms with Crippen molar-refractivity contribution in [1.82, 2.24) is 10.6 Å². The summed E-state index contributed by atoms with van der Waals surface area (Å²) in [7, 11) is 0. The summed E-state index contributed by atoms with van der Waals surface area (Å²) in [5.41, 5.74) is 0. The SMILES string of the molecule is CCCC1CNC(C(=O)NC(C(C)C)C2OC(CCC)CC(O)C2O)C1.CCCCCCCCCCCCCCCC(=O)O. The fraction of sp³-hybridized carbons (Fsp3) is 0.944. The number of rotatable bonds is 22. The molecule has 0 spiro atoms. The van der Waals surface area contributed by atoms with Crippen LogP contribution in [0.15, 0.2) is 0 Å². The highest BCUT2D eigenvalue weighted by atomic mass is 16.5. The molecule has 44 heavy (non-hydrogen) atoms. The average molecular weight is 627 g/mol. The van der Waals surface area contributed by atoms with E-state index in [1.165, 1.54) is 70.6 Å². The quantitative estimate of drug-likeness (QED) is 0.0808. The van der Waals surface area contributed by atoms with Crippen LogP contribution in [0.3, 0.4) is 0 Å². The van der Waals surface area contributed by atoms with Crippen LogP contribution in [-0.2, 0) is 14.3 Å². The molecule has 0 aromatic carbocycles. The molecule has 7 atom stereocenters. The van der Waals surface area contributed by atoms with Gasteiger partial charge in [-0.25, -0.2) is 0 Å². The van der Waals surface area contributed by atoms with Gasteiger partial charge in [0.25, 0.3) is 0 Å². The molecule has 2 aliphatic heterocycles. The summed E-state index contributed by atoms with van der Waals surface area (Å²) in [5.74, 6) is -0.0252. The topological polar surface area (TPSA) is 128 Å². The second kappa shape index (κ2) is 24.9. The summed E-state index contributed by atoms with van der Waals surface area (Å²) in [5, 5.41) is 35.7. The molecule has 0 aliphatic carbocycles. The number of aliphatic hydroxyl groups is 2. The first-order chi connectivity index (χ1) is 21.1. The number of ether oxygens (including phenoxy) is 1. The molecule has 2 fully saturated rings. The Morgan fingerprint density at radius 2 is 1.34 bits per heavy atom. The lowest BCUT2D eigenvalue weighted by molar-refractivity contribution is -0.184. The van der Waals surface area contributed by atoms with E-state index in [4.69, 9.17) is 9.84 Å². The van der Waals surface area contributed by atoms with Crippen LogP contribution in [0.4, 0.5) is 0 Å². The van der Waals surface area contributed by atoms with Crippen LogP contribution in [0.25, 0.3) is 0 Å². The van der Waals surface area contributed by atoms with Gasteiger partial charge in [-0.2, -0.15) is 0 Å². The van der Waals surface area contributed by atoms with E-state index < -0.39 is 24.3 Å². The summed E-state index contributed by atoms with van der Waals surface area (Å²) in [6, 6.07) is -0.497. The fourth-order valence-electron chi connectivity index (χ4n) is 6.61. The Bertz CT molecular complexity index is 735. The maximum atomic E-state index is 12.8. The minimum absolute atomic E-state index is 0.0230. The number of carbonyl (C=O) groups excluding carboxylic acids is 1. The van der Waals surface area contributed by atoms with Crippen molar-refractivity contribution in [2.24, 2.45) is 11.8 Å². The molecule has 260 valence electrons. The summed E-state index contributed by atoms with van der Waals surface area (Å²) in [6.07, 6.45) is 20.2. The first-order valence-electron chi connectivity index (χ1n) is 18.4. The number of hydrogen-bond acceptors (Lipinski definition) is 6. The molecule has 0 aromatic heterocycles. The van der Waals surface area contributed by atoms with Crippen molar-refractivity contribution in [2.75, 3.05) is 6.54 Å². The van der Waals surface area contributed by atoms with Gasteiger partial charge in [-0.3, -0.25) is 9.59 Å². The summed E-state index contributed by atoms with van der Waals surface area (Å²) in [6.45, 7) is 11.4. The number of carboxylic acid groups (broad SMARTS) is 1. The lowest BCUT2D eigenvalue weighted by Gasteiger charge is -2.42. The molecule has 8 heteroatoms. The van der Waals surface area contributed by atoms with Crippen LogP contribution in [0.2, 0.25) is 0 Å². The standard InChI is InChI=1S/C20H38N2O4.C16H32O2/c1-5-7-13-9-15(21-11-13)20(25)22-17(12(3)4)19-18(24)16(23)10-14(26-19)8-6-2;1-2-3-4-5-6-7-8-9-10-11-12-13-14-15-16(17)18/h12-19,21,23-24H,5-11H2,1-4H3,(H,22,25);2-15H2,1H3,(H,17,18). The number of carbonyl (C=O) groups is 2. The fourth-order valence-corrected chi connectivity index (χ4v) is 6.61. The van der Waals surface area contributed by atoms with E-state index in [0.717, 1.165) is 51.5 Å². The average Bonchev–Trinajstić information content (AvgIpc) is 3.45. The molecular formula is C36H70N2O6. The second-order valence-electron chi connectivity index (χ2n) is 13.8. The summed E-state index contributed by atoms with van der Waals surface area (Å²) in [4.78, 5) is 23.1. The first-order valence-corrected chi connectivity index (χ1v) is 18.4. The predicted octanol–water partition coefficient (Wildman–Crippen LogP) is 7.14. The highest BCUT2D eigenvalue weighted by Gasteiger charge is 2.43. The third kappa shape index (κ3) is 17.5. The Morgan fingerprint density at radius 3 is 1.84 bits per heavy atom. The summed E-state index contributed by atoms with van der Waals surface area (Å²) >= 11 is 0. The number of aliphatic hydroxyl groups excluding tert-OH is 2. The molecule has 2 rings (SSSR count). The molecule has 0 aromatic rings. The summed E-state index contributed by atoms with van der Waals surface area (Å²) < 4.78 is 6.11. The third-order valence-corrected chi connectivity index (χ3v) is 9.31. The highest BCUT2D eigenvalue weighted by Crippen LogP contribution is 2.28. The molecule has 2 heterocycles. The molecule has 2 aliphatic rings. The van der Waals surface area contributed by atoms with Gasteiger partial charge in [0.2, 0.25) is 5.91 Å². The van der Waals surface area contributed by atoms with E-state index in [1.54, 1.807) is 0 Å². The first kappa shape index (κ1) is 40.8. The molecule has 7 unspecified atom stereocenters. The van der Waals surface area contributed by atoms with Crippen molar-refractivity contribution in [3.63, 3.8) is 0 Å². The van der Waals surface area contributed by atoms with Crippen LogP contribution in [0.5, 0.6) is 0 Å². The van der Waals surface area contributed by atoms with Gasteiger partial charge in [0, 0.05) is 12.8 Å². The lowest BCUT2D eigenvalue weighted by atomic mass is 9.87.